The molecule has 0 aromatic rings. The van der Waals surface area contributed by atoms with Gasteiger partial charge in [0.2, 0.25) is 0 Å². The van der Waals surface area contributed by atoms with Gasteiger partial charge < -0.3 is 19.8 Å². The van der Waals surface area contributed by atoms with E-state index < -0.39 is 11.9 Å². The highest BCUT2D eigenvalue weighted by Crippen LogP contribution is 2.12. The first-order valence-corrected chi connectivity index (χ1v) is 12.9. The maximum atomic E-state index is 10.2. The van der Waals surface area contributed by atoms with Crippen molar-refractivity contribution in [2.24, 2.45) is 0 Å². The summed E-state index contributed by atoms with van der Waals surface area (Å²) in [5.41, 5.74) is 0. The highest BCUT2D eigenvalue weighted by molar-refractivity contribution is 5.64. The number of carbonyl (C=O) groups is 2. The van der Waals surface area contributed by atoms with Crippen molar-refractivity contribution in [1.29, 1.82) is 0 Å². The van der Waals surface area contributed by atoms with Crippen LogP contribution in [0.25, 0.3) is 0 Å². The van der Waals surface area contributed by atoms with Crippen LogP contribution in [0.5, 0.6) is 0 Å². The molecule has 0 bridgehead atoms. The first-order valence-electron chi connectivity index (χ1n) is 12.9. The fourth-order valence-corrected chi connectivity index (χ4v) is 3.51. The summed E-state index contributed by atoms with van der Waals surface area (Å²) in [6, 6.07) is 0. The van der Waals surface area contributed by atoms with E-state index in [9.17, 15) is 19.8 Å². The molecule has 0 atom stereocenters. The summed E-state index contributed by atoms with van der Waals surface area (Å²) in [4.78, 5) is 20.2. The molecule has 0 unspecified atom stereocenters. The average molecular weight is 427 g/mol. The van der Waals surface area contributed by atoms with Gasteiger partial charge in [0.05, 0.1) is 0 Å². The normalized spacial score (nSPS) is 10.5. The molecule has 4 heteroatoms. The Bertz CT molecular complexity index is 355. The second-order valence-electron chi connectivity index (χ2n) is 8.61. The van der Waals surface area contributed by atoms with Crippen molar-refractivity contribution in [2.45, 2.75) is 155 Å². The molecule has 0 saturated carbocycles. The minimum atomic E-state index is -0.913. The molecule has 30 heavy (non-hydrogen) atoms. The second-order valence-corrected chi connectivity index (χ2v) is 8.61. The molecule has 0 radical (unpaired) electrons. The van der Waals surface area contributed by atoms with E-state index in [0.717, 1.165) is 25.7 Å². The van der Waals surface area contributed by atoms with E-state index in [4.69, 9.17) is 0 Å². The molecule has 0 heterocycles. The third kappa shape index (κ3) is 34.4. The van der Waals surface area contributed by atoms with Crippen LogP contribution in [0.3, 0.4) is 0 Å². The first-order chi connectivity index (χ1) is 14.5. The summed E-state index contributed by atoms with van der Waals surface area (Å²) >= 11 is 0. The Morgan fingerprint density at radius 2 is 0.600 bits per heavy atom. The zero-order valence-corrected chi connectivity index (χ0v) is 20.2. The Balaban J connectivity index is 0. The van der Waals surface area contributed by atoms with E-state index in [0.29, 0.717) is 0 Å². The van der Waals surface area contributed by atoms with Crippen LogP contribution >= 0.6 is 0 Å². The van der Waals surface area contributed by atoms with E-state index in [1.807, 2.05) is 0 Å². The molecule has 0 aliphatic heterocycles. The number of hydrogen-bond donors (Lipinski definition) is 0. The van der Waals surface area contributed by atoms with Crippen LogP contribution < -0.4 is 10.2 Å². The summed E-state index contributed by atoms with van der Waals surface area (Å²) in [6.45, 7) is 4.45. The summed E-state index contributed by atoms with van der Waals surface area (Å²) in [6.07, 6.45) is 25.3. The van der Waals surface area contributed by atoms with Crippen molar-refractivity contribution in [3.8, 4) is 0 Å². The zero-order chi connectivity index (χ0) is 22.7. The molecule has 180 valence electrons. The minimum Gasteiger partial charge on any atom is -0.550 e. The van der Waals surface area contributed by atoms with Gasteiger partial charge in [-0.25, -0.2) is 0 Å². The van der Waals surface area contributed by atoms with Gasteiger partial charge in [-0.2, -0.15) is 0 Å². The van der Waals surface area contributed by atoms with Gasteiger partial charge in [-0.15, -0.1) is 0 Å². The molecule has 0 N–H and O–H groups in total. The third-order valence-electron chi connectivity index (χ3n) is 5.47. The van der Waals surface area contributed by atoms with Crippen LogP contribution in [0.1, 0.15) is 155 Å². The van der Waals surface area contributed by atoms with Gasteiger partial charge in [-0.3, -0.25) is 0 Å². The molecule has 4 nitrogen and oxygen atoms in total. The van der Waals surface area contributed by atoms with Crippen molar-refractivity contribution >= 4 is 11.9 Å². The maximum absolute atomic E-state index is 10.2. The van der Waals surface area contributed by atoms with E-state index in [1.165, 1.54) is 103 Å². The average Bonchev–Trinajstić information content (AvgIpc) is 2.71. The first kappa shape index (κ1) is 31.1. The molecular weight excluding hydrogens is 376 g/mol. The number of rotatable bonds is 22. The zero-order valence-electron chi connectivity index (χ0n) is 20.2. The monoisotopic (exact) mass is 426 g/mol. The van der Waals surface area contributed by atoms with Crippen molar-refractivity contribution in [3.05, 3.63) is 0 Å². The molecule has 0 amide bonds. The van der Waals surface area contributed by atoms with Crippen LogP contribution in [-0.2, 0) is 9.59 Å². The fraction of sp³-hybridized carbons (Fsp3) is 0.923. The molecule has 0 saturated heterocycles. The quantitative estimate of drug-likeness (QED) is 0.196. The van der Waals surface area contributed by atoms with Crippen LogP contribution in [0.4, 0.5) is 0 Å². The Morgan fingerprint density at radius 1 is 0.400 bits per heavy atom. The van der Waals surface area contributed by atoms with Gasteiger partial charge >= 0.3 is 0 Å². The smallest absolute Gasteiger partial charge is 0.0414 e. The van der Waals surface area contributed by atoms with E-state index in [-0.39, 0.29) is 12.8 Å². The van der Waals surface area contributed by atoms with Crippen molar-refractivity contribution in [2.75, 3.05) is 0 Å². The second kappa shape index (κ2) is 27.9. The van der Waals surface area contributed by atoms with E-state index >= 15 is 0 Å². The van der Waals surface area contributed by atoms with Crippen LogP contribution in [0.15, 0.2) is 0 Å². The van der Waals surface area contributed by atoms with Crippen LogP contribution in [0.2, 0.25) is 0 Å². The lowest BCUT2D eigenvalue weighted by molar-refractivity contribution is -0.307. The topological polar surface area (TPSA) is 80.3 Å². The van der Waals surface area contributed by atoms with Crippen LogP contribution in [0, 0.1) is 0 Å². The Labute approximate surface area is 187 Å². The summed E-state index contributed by atoms with van der Waals surface area (Å²) in [7, 11) is 0. The number of unbranched alkanes of at least 4 members (excludes halogenated alkanes) is 18. The van der Waals surface area contributed by atoms with Gasteiger partial charge in [0, 0.05) is 11.9 Å². The van der Waals surface area contributed by atoms with Crippen LogP contribution in [-0.4, -0.2) is 11.9 Å². The highest BCUT2D eigenvalue weighted by atomic mass is 16.4. The standard InChI is InChI=1S/C16H32O2.C10H20O2/c1-2-3-4-5-6-7-8-9-10-11-12-13-14-15-16(17)18;1-2-3-4-5-6-7-8-9-10(11)12/h2-15H2,1H3,(H,17,18);2-9H2,1H3,(H,11,12)/p-2. The molecule has 0 aliphatic rings. The SMILES string of the molecule is CCCCCCCCCC(=O)[O-].CCCCCCCCCCCCCCCC(=O)[O-]. The Kier molecular flexibility index (Phi) is 29.0. The minimum absolute atomic E-state index is 0.230. The highest BCUT2D eigenvalue weighted by Gasteiger charge is 1.94. The lowest BCUT2D eigenvalue weighted by atomic mass is 10.0. The predicted molar refractivity (Wildman–Crippen MR) is 123 cm³/mol. The van der Waals surface area contributed by atoms with E-state index in [1.54, 1.807) is 0 Å². The number of carboxylic acids is 2. The molecule has 0 aromatic heterocycles. The van der Waals surface area contributed by atoms with Gasteiger partial charge in [0.25, 0.3) is 0 Å². The number of carboxylic acid groups (broad SMARTS) is 2. The van der Waals surface area contributed by atoms with Gasteiger partial charge in [0.15, 0.2) is 0 Å². The molecule has 0 spiro atoms. The van der Waals surface area contributed by atoms with E-state index in [2.05, 4.69) is 13.8 Å². The molecule has 0 aromatic carbocycles. The summed E-state index contributed by atoms with van der Waals surface area (Å²) in [5.74, 6) is -1.82. The van der Waals surface area contributed by atoms with Crippen molar-refractivity contribution in [1.82, 2.24) is 0 Å². The van der Waals surface area contributed by atoms with Gasteiger partial charge in [-0.05, 0) is 25.7 Å². The number of hydrogen-bond acceptors (Lipinski definition) is 4. The predicted octanol–water partition coefficient (Wildman–Crippen LogP) is 6.09. The summed E-state index contributed by atoms with van der Waals surface area (Å²) < 4.78 is 0. The summed E-state index contributed by atoms with van der Waals surface area (Å²) in [5, 5.41) is 20.2. The third-order valence-corrected chi connectivity index (χ3v) is 5.47. The largest absolute Gasteiger partial charge is 0.550 e. The lowest BCUT2D eigenvalue weighted by Gasteiger charge is -2.03. The number of aliphatic carboxylic acids is 2. The van der Waals surface area contributed by atoms with Crippen molar-refractivity contribution < 1.29 is 19.8 Å². The fourth-order valence-electron chi connectivity index (χ4n) is 3.51. The molecule has 0 rings (SSSR count). The molecule has 0 aliphatic carbocycles. The van der Waals surface area contributed by atoms with Crippen molar-refractivity contribution in [3.63, 3.8) is 0 Å². The number of carbonyl (C=O) groups excluding carboxylic acids is 2. The maximum Gasteiger partial charge on any atom is 0.0414 e. The van der Waals surface area contributed by atoms with Gasteiger partial charge in [0.1, 0.15) is 0 Å². The molecule has 0 fully saturated rings. The molecular formula is C26H50O4-2. The lowest BCUT2D eigenvalue weighted by Crippen LogP contribution is -2.21. The Hall–Kier alpha value is -1.06. The Morgan fingerprint density at radius 3 is 0.800 bits per heavy atom. The van der Waals surface area contributed by atoms with Gasteiger partial charge in [-0.1, -0.05) is 129 Å².